The lowest BCUT2D eigenvalue weighted by atomic mass is 10.1. The van der Waals surface area contributed by atoms with Crippen LogP contribution in [0.15, 0.2) is 52.9 Å². The van der Waals surface area contributed by atoms with Crippen LogP contribution in [-0.2, 0) is 6.42 Å². The third-order valence-corrected chi connectivity index (χ3v) is 3.57. The van der Waals surface area contributed by atoms with Crippen LogP contribution in [0.1, 0.15) is 28.5 Å². The Bertz CT molecular complexity index is 794. The Kier molecular flexibility index (Phi) is 4.35. The van der Waals surface area contributed by atoms with E-state index in [4.69, 9.17) is 16.0 Å². The van der Waals surface area contributed by atoms with Crippen molar-refractivity contribution in [1.82, 2.24) is 10.2 Å². The summed E-state index contributed by atoms with van der Waals surface area (Å²) in [5, 5.41) is 8.80. The Morgan fingerprint density at radius 3 is 2.64 bits per heavy atom. The molecule has 2 aromatic carbocycles. The van der Waals surface area contributed by atoms with Crippen molar-refractivity contribution in [3.8, 4) is 0 Å². The molecule has 0 atom stereocenters. The first-order valence-electron chi connectivity index (χ1n) is 7.01. The van der Waals surface area contributed by atoms with Gasteiger partial charge in [-0.3, -0.25) is 0 Å². The lowest BCUT2D eigenvalue weighted by molar-refractivity contribution is 0.496. The summed E-state index contributed by atoms with van der Waals surface area (Å²) < 4.78 is 5.62. The average molecular weight is 311 g/mol. The lowest BCUT2D eigenvalue weighted by Gasteiger charge is -1.98. The summed E-state index contributed by atoms with van der Waals surface area (Å²) in [6.45, 7) is 2.01. The molecule has 3 rings (SSSR count). The van der Waals surface area contributed by atoms with Gasteiger partial charge in [0, 0.05) is 11.1 Å². The highest BCUT2D eigenvalue weighted by Crippen LogP contribution is 2.20. The first-order valence-corrected chi connectivity index (χ1v) is 7.39. The number of rotatable bonds is 4. The molecule has 1 heterocycles. The molecule has 0 aliphatic carbocycles. The van der Waals surface area contributed by atoms with Crippen molar-refractivity contribution in [2.45, 2.75) is 13.3 Å². The van der Waals surface area contributed by atoms with Gasteiger partial charge in [-0.2, -0.15) is 0 Å². The second-order valence-electron chi connectivity index (χ2n) is 5.05. The van der Waals surface area contributed by atoms with Crippen LogP contribution in [0.5, 0.6) is 0 Å². The molecule has 3 nitrogen and oxygen atoms in total. The second kappa shape index (κ2) is 6.58. The summed E-state index contributed by atoms with van der Waals surface area (Å²) >= 11 is 6.19. The van der Waals surface area contributed by atoms with Crippen LogP contribution in [0.2, 0.25) is 5.02 Å². The molecule has 0 saturated heterocycles. The molecule has 1 aromatic heterocycles. The quantitative estimate of drug-likeness (QED) is 0.695. The Balaban J connectivity index is 1.72. The Hall–Kier alpha value is -2.39. The number of hydrogen-bond acceptors (Lipinski definition) is 3. The fraction of sp³-hybridized carbons (Fsp3) is 0.111. The van der Waals surface area contributed by atoms with Crippen molar-refractivity contribution in [2.24, 2.45) is 0 Å². The minimum atomic E-state index is 0.475. The maximum absolute atomic E-state index is 6.19. The Morgan fingerprint density at radius 1 is 1.05 bits per heavy atom. The summed E-state index contributed by atoms with van der Waals surface area (Å²) in [5.41, 5.74) is 3.20. The molecule has 4 heteroatoms. The SMILES string of the molecule is Cc1ccc(/C=C/c2nnc(Cc3ccccc3)o2)c(Cl)c1. The van der Waals surface area contributed by atoms with Crippen LogP contribution in [0.3, 0.4) is 0 Å². The van der Waals surface area contributed by atoms with E-state index in [2.05, 4.69) is 10.2 Å². The molecule has 0 radical (unpaired) electrons. The van der Waals surface area contributed by atoms with Crippen LogP contribution >= 0.6 is 11.6 Å². The highest BCUT2D eigenvalue weighted by molar-refractivity contribution is 6.32. The lowest BCUT2D eigenvalue weighted by Crippen LogP contribution is -1.87. The molecular formula is C18H15ClN2O. The third-order valence-electron chi connectivity index (χ3n) is 3.24. The summed E-state index contributed by atoms with van der Waals surface area (Å²) in [5.74, 6) is 1.07. The highest BCUT2D eigenvalue weighted by atomic mass is 35.5. The van der Waals surface area contributed by atoms with E-state index in [1.54, 1.807) is 6.08 Å². The number of halogens is 1. The summed E-state index contributed by atoms with van der Waals surface area (Å²) in [4.78, 5) is 0. The van der Waals surface area contributed by atoms with Crippen molar-refractivity contribution in [1.29, 1.82) is 0 Å². The van der Waals surface area contributed by atoms with E-state index in [-0.39, 0.29) is 0 Å². The zero-order valence-electron chi connectivity index (χ0n) is 12.2. The molecule has 22 heavy (non-hydrogen) atoms. The summed E-state index contributed by atoms with van der Waals surface area (Å²) in [6.07, 6.45) is 4.28. The van der Waals surface area contributed by atoms with Gasteiger partial charge in [-0.05, 0) is 35.8 Å². The van der Waals surface area contributed by atoms with E-state index in [0.29, 0.717) is 23.2 Å². The second-order valence-corrected chi connectivity index (χ2v) is 5.46. The van der Waals surface area contributed by atoms with Gasteiger partial charge in [0.15, 0.2) is 0 Å². The maximum Gasteiger partial charge on any atom is 0.240 e. The first kappa shape index (κ1) is 14.5. The van der Waals surface area contributed by atoms with E-state index in [9.17, 15) is 0 Å². The molecule has 0 spiro atoms. The predicted octanol–water partition coefficient (Wildman–Crippen LogP) is 4.79. The molecule has 0 amide bonds. The molecule has 0 fully saturated rings. The van der Waals surface area contributed by atoms with Gasteiger partial charge in [0.25, 0.3) is 0 Å². The third kappa shape index (κ3) is 3.62. The largest absolute Gasteiger partial charge is 0.421 e. The Morgan fingerprint density at radius 2 is 1.86 bits per heavy atom. The average Bonchev–Trinajstić information content (AvgIpc) is 2.95. The van der Waals surface area contributed by atoms with Crippen molar-refractivity contribution in [2.75, 3.05) is 0 Å². The fourth-order valence-electron chi connectivity index (χ4n) is 2.10. The predicted molar refractivity (Wildman–Crippen MR) is 88.7 cm³/mol. The van der Waals surface area contributed by atoms with Gasteiger partial charge in [0.2, 0.25) is 11.8 Å². The number of benzene rings is 2. The normalized spacial score (nSPS) is 11.2. The van der Waals surface area contributed by atoms with Gasteiger partial charge in [-0.15, -0.1) is 10.2 Å². The van der Waals surface area contributed by atoms with E-state index < -0.39 is 0 Å². The van der Waals surface area contributed by atoms with Gasteiger partial charge in [-0.25, -0.2) is 0 Å². The fourth-order valence-corrected chi connectivity index (χ4v) is 2.40. The number of aryl methyl sites for hydroxylation is 1. The zero-order valence-corrected chi connectivity index (χ0v) is 12.9. The van der Waals surface area contributed by atoms with Gasteiger partial charge in [-0.1, -0.05) is 54.1 Å². The van der Waals surface area contributed by atoms with Crippen molar-refractivity contribution < 1.29 is 4.42 Å². The van der Waals surface area contributed by atoms with Crippen LogP contribution < -0.4 is 0 Å². The van der Waals surface area contributed by atoms with Crippen molar-refractivity contribution in [3.05, 3.63) is 82.0 Å². The molecular weight excluding hydrogens is 296 g/mol. The van der Waals surface area contributed by atoms with Gasteiger partial charge < -0.3 is 4.42 Å². The minimum absolute atomic E-state index is 0.475. The van der Waals surface area contributed by atoms with Crippen LogP contribution in [-0.4, -0.2) is 10.2 Å². The Labute approximate surface area is 134 Å². The van der Waals surface area contributed by atoms with Gasteiger partial charge >= 0.3 is 0 Å². The smallest absolute Gasteiger partial charge is 0.240 e. The molecule has 0 N–H and O–H groups in total. The number of aromatic nitrogens is 2. The summed E-state index contributed by atoms with van der Waals surface area (Å²) in [7, 11) is 0. The van der Waals surface area contributed by atoms with E-state index in [0.717, 1.165) is 16.7 Å². The molecule has 0 unspecified atom stereocenters. The standard InChI is InChI=1S/C18H15ClN2O/c1-13-7-8-15(16(19)11-13)9-10-17-20-21-18(22-17)12-14-5-3-2-4-6-14/h2-11H,12H2,1H3/b10-9+. The van der Waals surface area contributed by atoms with E-state index >= 15 is 0 Å². The molecule has 0 bridgehead atoms. The molecule has 3 aromatic rings. The topological polar surface area (TPSA) is 38.9 Å². The van der Waals surface area contributed by atoms with Gasteiger partial charge in [0.05, 0.1) is 6.42 Å². The van der Waals surface area contributed by atoms with Crippen LogP contribution in [0, 0.1) is 6.92 Å². The van der Waals surface area contributed by atoms with E-state index in [1.807, 2.05) is 61.5 Å². The van der Waals surface area contributed by atoms with Gasteiger partial charge in [0.1, 0.15) is 0 Å². The van der Waals surface area contributed by atoms with Crippen molar-refractivity contribution >= 4 is 23.8 Å². The first-order chi connectivity index (χ1) is 10.7. The monoisotopic (exact) mass is 310 g/mol. The number of nitrogens with zero attached hydrogens (tertiary/aromatic N) is 2. The molecule has 0 aliphatic heterocycles. The number of hydrogen-bond donors (Lipinski definition) is 0. The molecule has 0 aliphatic rings. The van der Waals surface area contributed by atoms with Crippen molar-refractivity contribution in [3.63, 3.8) is 0 Å². The molecule has 0 saturated carbocycles. The molecule has 110 valence electrons. The van der Waals surface area contributed by atoms with Crippen LogP contribution in [0.25, 0.3) is 12.2 Å². The minimum Gasteiger partial charge on any atom is -0.421 e. The zero-order chi connectivity index (χ0) is 15.4. The summed E-state index contributed by atoms with van der Waals surface area (Å²) in [6, 6.07) is 15.9. The highest BCUT2D eigenvalue weighted by Gasteiger charge is 2.05. The van der Waals surface area contributed by atoms with E-state index in [1.165, 1.54) is 0 Å². The maximum atomic E-state index is 6.19. The van der Waals surface area contributed by atoms with Crippen LogP contribution in [0.4, 0.5) is 0 Å².